The number of carboxylic acid groups (broad SMARTS) is 1. The van der Waals surface area contributed by atoms with Gasteiger partial charge in [-0.1, -0.05) is 6.92 Å². The lowest BCUT2D eigenvalue weighted by molar-refractivity contribution is -0.140. The molecule has 6 nitrogen and oxygen atoms in total. The molecule has 0 aromatic heterocycles. The van der Waals surface area contributed by atoms with Gasteiger partial charge in [-0.3, -0.25) is 19.7 Å². The molecule has 1 unspecified atom stereocenters. The van der Waals surface area contributed by atoms with Crippen molar-refractivity contribution >= 4 is 17.7 Å². The Kier molecular flexibility index (Phi) is 7.13. The molecule has 0 aromatic carbocycles. The number of hydrogen-bond donors (Lipinski definition) is 3. The van der Waals surface area contributed by atoms with Crippen molar-refractivity contribution in [3.63, 3.8) is 0 Å². The number of primary amides is 1. The normalized spacial score (nSPS) is 14.0. The molecule has 98 valence electrons. The molecule has 6 heteroatoms. The molecule has 0 spiro atoms. The number of nitrogens with two attached hydrogens (primary N) is 1. The van der Waals surface area contributed by atoms with E-state index in [-0.39, 0.29) is 18.6 Å². The molecular formula is C11H20N2O4. The Balaban J connectivity index is 4.28. The Morgan fingerprint density at radius 2 is 1.88 bits per heavy atom. The lowest BCUT2D eigenvalue weighted by Gasteiger charge is -2.18. The van der Waals surface area contributed by atoms with Crippen molar-refractivity contribution in [2.24, 2.45) is 5.73 Å². The summed E-state index contributed by atoms with van der Waals surface area (Å²) >= 11 is 0. The maximum absolute atomic E-state index is 11.5. The first-order chi connectivity index (χ1) is 7.88. The van der Waals surface area contributed by atoms with E-state index in [0.717, 1.165) is 6.42 Å². The van der Waals surface area contributed by atoms with E-state index in [4.69, 9.17) is 10.8 Å². The zero-order valence-corrected chi connectivity index (χ0v) is 10.2. The molecule has 0 aliphatic rings. The second-order valence-electron chi connectivity index (χ2n) is 4.00. The molecule has 1 amide bonds. The summed E-state index contributed by atoms with van der Waals surface area (Å²) in [5, 5.41) is 11.6. The van der Waals surface area contributed by atoms with Gasteiger partial charge in [0.15, 0.2) is 0 Å². The first-order valence-corrected chi connectivity index (χ1v) is 5.68. The monoisotopic (exact) mass is 244 g/mol. The van der Waals surface area contributed by atoms with Gasteiger partial charge in [0.05, 0.1) is 6.04 Å². The summed E-state index contributed by atoms with van der Waals surface area (Å²) in [5.74, 6) is -1.66. The zero-order chi connectivity index (χ0) is 13.4. The first kappa shape index (κ1) is 15.6. The van der Waals surface area contributed by atoms with Crippen molar-refractivity contribution in [1.29, 1.82) is 0 Å². The lowest BCUT2D eigenvalue weighted by Crippen LogP contribution is -2.46. The molecule has 17 heavy (non-hydrogen) atoms. The molecule has 2 atom stereocenters. The van der Waals surface area contributed by atoms with Gasteiger partial charge in [0.2, 0.25) is 5.91 Å². The quantitative estimate of drug-likeness (QED) is 0.531. The van der Waals surface area contributed by atoms with E-state index in [9.17, 15) is 14.4 Å². The largest absolute Gasteiger partial charge is 0.480 e. The minimum Gasteiger partial charge on any atom is -0.480 e. The van der Waals surface area contributed by atoms with Crippen LogP contribution in [0, 0.1) is 0 Å². The van der Waals surface area contributed by atoms with Gasteiger partial charge in [-0.15, -0.1) is 0 Å². The molecule has 0 heterocycles. The van der Waals surface area contributed by atoms with E-state index in [0.29, 0.717) is 6.42 Å². The highest BCUT2D eigenvalue weighted by molar-refractivity contribution is 5.84. The number of amides is 1. The predicted octanol–water partition coefficient (Wildman–Crippen LogP) is 0.0524. The predicted molar refractivity (Wildman–Crippen MR) is 62.4 cm³/mol. The first-order valence-electron chi connectivity index (χ1n) is 5.68. The average molecular weight is 244 g/mol. The van der Waals surface area contributed by atoms with Gasteiger partial charge in [-0.2, -0.15) is 0 Å². The fourth-order valence-corrected chi connectivity index (χ4v) is 1.42. The van der Waals surface area contributed by atoms with Crippen LogP contribution in [0.5, 0.6) is 0 Å². The summed E-state index contributed by atoms with van der Waals surface area (Å²) in [5.41, 5.74) is 4.95. The van der Waals surface area contributed by atoms with Crippen LogP contribution in [0.1, 0.15) is 39.5 Å². The number of Topliss-reactive ketones (excluding diaryl/α,β-unsaturated/α-hetero) is 1. The SMILES string of the molecule is CCCC(=O)C(C)N[C@@H](CCC(N)=O)C(=O)O. The summed E-state index contributed by atoms with van der Waals surface area (Å²) < 4.78 is 0. The van der Waals surface area contributed by atoms with Crippen LogP contribution in [0.2, 0.25) is 0 Å². The summed E-state index contributed by atoms with van der Waals surface area (Å²) in [6.07, 6.45) is 1.22. The summed E-state index contributed by atoms with van der Waals surface area (Å²) in [7, 11) is 0. The number of carboxylic acids is 1. The van der Waals surface area contributed by atoms with E-state index in [1.165, 1.54) is 0 Å². The third kappa shape index (κ3) is 6.68. The van der Waals surface area contributed by atoms with Crippen LogP contribution < -0.4 is 11.1 Å². The zero-order valence-electron chi connectivity index (χ0n) is 10.2. The van der Waals surface area contributed by atoms with E-state index < -0.39 is 24.0 Å². The van der Waals surface area contributed by atoms with Crippen LogP contribution in [-0.4, -0.2) is 34.8 Å². The third-order valence-electron chi connectivity index (χ3n) is 2.41. The topological polar surface area (TPSA) is 109 Å². The number of rotatable bonds is 9. The van der Waals surface area contributed by atoms with Gasteiger partial charge >= 0.3 is 5.97 Å². The molecule has 0 saturated heterocycles. The van der Waals surface area contributed by atoms with Crippen LogP contribution in [0.4, 0.5) is 0 Å². The molecule has 4 N–H and O–H groups in total. The number of nitrogens with one attached hydrogen (secondary N) is 1. The standard InChI is InChI=1S/C11H20N2O4/c1-3-4-9(14)7(2)13-8(11(16)17)5-6-10(12)15/h7-8,13H,3-6H2,1-2H3,(H2,12,15)(H,16,17)/t7?,8-/m0/s1. The van der Waals surface area contributed by atoms with E-state index >= 15 is 0 Å². The smallest absolute Gasteiger partial charge is 0.320 e. The maximum Gasteiger partial charge on any atom is 0.320 e. The maximum atomic E-state index is 11.5. The molecule has 0 aliphatic heterocycles. The van der Waals surface area contributed by atoms with Crippen LogP contribution in [0.15, 0.2) is 0 Å². The van der Waals surface area contributed by atoms with Gasteiger partial charge in [-0.05, 0) is 19.8 Å². The number of hydrogen-bond acceptors (Lipinski definition) is 4. The summed E-state index contributed by atoms with van der Waals surface area (Å²) in [4.78, 5) is 33.0. The number of ketones is 1. The fourth-order valence-electron chi connectivity index (χ4n) is 1.42. The Hall–Kier alpha value is -1.43. The molecule has 0 fully saturated rings. The van der Waals surface area contributed by atoms with E-state index in [1.54, 1.807) is 6.92 Å². The van der Waals surface area contributed by atoms with Gasteiger partial charge in [-0.25, -0.2) is 0 Å². The number of carbonyl (C=O) groups excluding carboxylic acids is 2. The van der Waals surface area contributed by atoms with Crippen LogP contribution in [-0.2, 0) is 14.4 Å². The average Bonchev–Trinajstić information content (AvgIpc) is 2.23. The lowest BCUT2D eigenvalue weighted by atomic mass is 10.1. The second-order valence-corrected chi connectivity index (χ2v) is 4.00. The molecule has 0 bridgehead atoms. The van der Waals surface area contributed by atoms with Gasteiger partial charge in [0.25, 0.3) is 0 Å². The van der Waals surface area contributed by atoms with Crippen molar-refractivity contribution in [2.75, 3.05) is 0 Å². The second kappa shape index (κ2) is 7.78. The Morgan fingerprint density at radius 1 is 1.29 bits per heavy atom. The Bertz CT molecular complexity index is 291. The van der Waals surface area contributed by atoms with E-state index in [2.05, 4.69) is 5.32 Å². The van der Waals surface area contributed by atoms with Crippen LogP contribution >= 0.6 is 0 Å². The molecule has 0 aromatic rings. The van der Waals surface area contributed by atoms with E-state index in [1.807, 2.05) is 6.92 Å². The summed E-state index contributed by atoms with van der Waals surface area (Å²) in [6.45, 7) is 3.50. The molecule has 0 radical (unpaired) electrons. The highest BCUT2D eigenvalue weighted by Gasteiger charge is 2.22. The van der Waals surface area contributed by atoms with Crippen LogP contribution in [0.3, 0.4) is 0 Å². The number of aliphatic carboxylic acids is 1. The third-order valence-corrected chi connectivity index (χ3v) is 2.41. The van der Waals surface area contributed by atoms with Crippen LogP contribution in [0.25, 0.3) is 0 Å². The molecular weight excluding hydrogens is 224 g/mol. The van der Waals surface area contributed by atoms with Crippen molar-refractivity contribution in [3.05, 3.63) is 0 Å². The highest BCUT2D eigenvalue weighted by Crippen LogP contribution is 2.02. The summed E-state index contributed by atoms with van der Waals surface area (Å²) in [6, 6.07) is -1.44. The minimum absolute atomic E-state index is 0.0152. The van der Waals surface area contributed by atoms with Gasteiger partial charge < -0.3 is 10.8 Å². The Labute approximate surface area is 101 Å². The number of carbonyl (C=O) groups is 3. The van der Waals surface area contributed by atoms with Crippen molar-refractivity contribution in [2.45, 2.75) is 51.6 Å². The highest BCUT2D eigenvalue weighted by atomic mass is 16.4. The fraction of sp³-hybridized carbons (Fsp3) is 0.727. The van der Waals surface area contributed by atoms with Crippen molar-refractivity contribution in [3.8, 4) is 0 Å². The molecule has 0 saturated carbocycles. The Morgan fingerprint density at radius 3 is 2.29 bits per heavy atom. The molecule has 0 aliphatic carbocycles. The van der Waals surface area contributed by atoms with Crippen molar-refractivity contribution < 1.29 is 19.5 Å². The van der Waals surface area contributed by atoms with Crippen molar-refractivity contribution in [1.82, 2.24) is 5.32 Å². The minimum atomic E-state index is -1.08. The van der Waals surface area contributed by atoms with Gasteiger partial charge in [0.1, 0.15) is 11.8 Å². The van der Waals surface area contributed by atoms with Gasteiger partial charge in [0, 0.05) is 12.8 Å². The molecule has 0 rings (SSSR count).